The van der Waals surface area contributed by atoms with Crippen molar-refractivity contribution in [3.05, 3.63) is 60.3 Å². The van der Waals surface area contributed by atoms with E-state index in [1.165, 1.54) is 0 Å². The van der Waals surface area contributed by atoms with Gasteiger partial charge in [-0.05, 0) is 62.7 Å². The fourth-order valence-corrected chi connectivity index (χ4v) is 4.92. The van der Waals surface area contributed by atoms with Crippen LogP contribution in [0.1, 0.15) is 24.8 Å². The first-order valence-corrected chi connectivity index (χ1v) is 11.9. The summed E-state index contributed by atoms with van der Waals surface area (Å²) in [6.07, 6.45) is 3.68. The Bertz CT molecular complexity index is 1000. The third kappa shape index (κ3) is 4.89. The summed E-state index contributed by atoms with van der Waals surface area (Å²) in [4.78, 5) is 17.4. The topological polar surface area (TPSA) is 56.8 Å². The Balaban J connectivity index is 1.22. The highest BCUT2D eigenvalue weighted by Gasteiger charge is 2.37. The number of ether oxygens (including phenoxy) is 1. The van der Waals surface area contributed by atoms with Crippen molar-refractivity contribution < 1.29 is 13.9 Å². The van der Waals surface area contributed by atoms with E-state index in [0.29, 0.717) is 25.1 Å². The minimum atomic E-state index is -0.699. The number of nitrogens with one attached hydrogen (secondary N) is 2. The van der Waals surface area contributed by atoms with Crippen molar-refractivity contribution in [1.29, 1.82) is 0 Å². The van der Waals surface area contributed by atoms with Gasteiger partial charge < -0.3 is 20.3 Å². The van der Waals surface area contributed by atoms with E-state index in [4.69, 9.17) is 4.74 Å². The number of halogens is 1. The van der Waals surface area contributed by atoms with Crippen molar-refractivity contribution >= 4 is 22.9 Å². The summed E-state index contributed by atoms with van der Waals surface area (Å²) in [5.74, 6) is 0.844. The molecule has 0 spiro atoms. The van der Waals surface area contributed by atoms with Crippen molar-refractivity contribution in [3.8, 4) is 5.75 Å². The number of fused-ring (bicyclic) bond motifs is 1. The first-order valence-electron chi connectivity index (χ1n) is 11.9. The van der Waals surface area contributed by atoms with Crippen LogP contribution in [0, 0.1) is 0 Å². The summed E-state index contributed by atoms with van der Waals surface area (Å²) in [7, 11) is 0. The molecule has 1 unspecified atom stereocenters. The number of nitrogens with zero attached hydrogens (tertiary/aromatic N) is 2. The van der Waals surface area contributed by atoms with Gasteiger partial charge >= 0.3 is 0 Å². The zero-order valence-corrected chi connectivity index (χ0v) is 18.8. The molecule has 2 fully saturated rings. The summed E-state index contributed by atoms with van der Waals surface area (Å²) >= 11 is 0. The predicted molar refractivity (Wildman–Crippen MR) is 129 cm³/mol. The Morgan fingerprint density at radius 3 is 2.64 bits per heavy atom. The van der Waals surface area contributed by atoms with Crippen LogP contribution in [-0.4, -0.2) is 62.4 Å². The molecule has 1 amide bonds. The Labute approximate surface area is 194 Å². The lowest BCUT2D eigenvalue weighted by molar-refractivity contribution is -0.113. The van der Waals surface area contributed by atoms with Crippen LogP contribution in [0.4, 0.5) is 15.8 Å². The zero-order chi connectivity index (χ0) is 22.6. The molecular formula is C26H31FN4O2. The number of alkyl halides is 1. The van der Waals surface area contributed by atoms with Gasteiger partial charge in [-0.25, -0.2) is 4.39 Å². The first kappa shape index (κ1) is 21.9. The number of rotatable bonds is 7. The highest BCUT2D eigenvalue weighted by Crippen LogP contribution is 2.39. The number of carbonyl (C=O) groups is 1. The second kappa shape index (κ2) is 9.93. The molecule has 0 aliphatic carbocycles. The van der Waals surface area contributed by atoms with Gasteiger partial charge in [-0.3, -0.25) is 9.69 Å². The molecule has 2 saturated heterocycles. The van der Waals surface area contributed by atoms with E-state index in [2.05, 4.69) is 15.5 Å². The summed E-state index contributed by atoms with van der Waals surface area (Å²) in [6.45, 7) is 4.48. The monoisotopic (exact) mass is 450 g/mol. The fourth-order valence-electron chi connectivity index (χ4n) is 4.92. The molecule has 3 aliphatic rings. The molecule has 3 heterocycles. The van der Waals surface area contributed by atoms with Gasteiger partial charge in [0.15, 0.2) is 0 Å². The van der Waals surface area contributed by atoms with E-state index in [1.54, 1.807) is 0 Å². The lowest BCUT2D eigenvalue weighted by Crippen LogP contribution is -2.44. The highest BCUT2D eigenvalue weighted by atomic mass is 19.1. The molecule has 33 heavy (non-hydrogen) atoms. The van der Waals surface area contributed by atoms with E-state index in [1.807, 2.05) is 59.6 Å². The maximum atomic E-state index is 13.3. The van der Waals surface area contributed by atoms with Crippen LogP contribution in [-0.2, 0) is 4.79 Å². The van der Waals surface area contributed by atoms with Gasteiger partial charge in [0.25, 0.3) is 5.91 Å². The molecule has 6 nitrogen and oxygen atoms in total. The summed E-state index contributed by atoms with van der Waals surface area (Å²) in [5, 5.41) is 6.66. The van der Waals surface area contributed by atoms with Crippen molar-refractivity contribution in [2.45, 2.75) is 31.5 Å². The van der Waals surface area contributed by atoms with Crippen molar-refractivity contribution in [2.24, 2.45) is 0 Å². The SMILES string of the molecule is O=C1/C(=C/Nc2ccc(OCCN3CCC(F)C3)cc2)c2ccccc2N1C1CCNCC1. The molecule has 0 radical (unpaired) electrons. The molecule has 2 N–H and O–H groups in total. The van der Waals surface area contributed by atoms with Crippen LogP contribution in [0.2, 0.25) is 0 Å². The van der Waals surface area contributed by atoms with Gasteiger partial charge in [-0.15, -0.1) is 0 Å². The molecular weight excluding hydrogens is 419 g/mol. The number of anilines is 2. The van der Waals surface area contributed by atoms with Crippen LogP contribution in [0.3, 0.4) is 0 Å². The normalized spacial score (nSPS) is 22.7. The Hall–Kier alpha value is -2.90. The minimum Gasteiger partial charge on any atom is -0.492 e. The molecule has 1 atom stereocenters. The highest BCUT2D eigenvalue weighted by molar-refractivity contribution is 6.33. The summed E-state index contributed by atoms with van der Waals surface area (Å²) in [5.41, 5.74) is 3.57. The average Bonchev–Trinajstić information content (AvgIpc) is 3.39. The largest absolute Gasteiger partial charge is 0.492 e. The minimum absolute atomic E-state index is 0.0629. The zero-order valence-electron chi connectivity index (χ0n) is 18.8. The molecule has 174 valence electrons. The molecule has 2 aromatic carbocycles. The number of piperidine rings is 1. The van der Waals surface area contributed by atoms with Gasteiger partial charge in [0, 0.05) is 43.1 Å². The summed E-state index contributed by atoms with van der Waals surface area (Å²) in [6, 6.07) is 16.0. The Kier molecular flexibility index (Phi) is 6.60. The van der Waals surface area contributed by atoms with Crippen molar-refractivity contribution in [1.82, 2.24) is 10.2 Å². The predicted octanol–water partition coefficient (Wildman–Crippen LogP) is 3.66. The van der Waals surface area contributed by atoms with Gasteiger partial charge in [0.05, 0.1) is 11.3 Å². The number of likely N-dealkylation sites (tertiary alicyclic amines) is 1. The standard InChI is InChI=1S/C26H31FN4O2/c27-19-11-14-30(18-19)15-16-33-22-7-5-20(6-8-22)29-17-24-23-3-1-2-4-25(23)31(26(24)32)21-9-12-28-13-10-21/h1-8,17,19,21,28-29H,9-16,18H2/b24-17+. The third-order valence-electron chi connectivity index (χ3n) is 6.71. The van der Waals surface area contributed by atoms with E-state index in [0.717, 1.165) is 61.7 Å². The molecule has 5 rings (SSSR count). The Morgan fingerprint density at radius 1 is 1.09 bits per heavy atom. The van der Waals surface area contributed by atoms with Crippen LogP contribution in [0.25, 0.3) is 5.57 Å². The van der Waals surface area contributed by atoms with E-state index >= 15 is 0 Å². The molecule has 0 saturated carbocycles. The van der Waals surface area contributed by atoms with Gasteiger partial charge in [0.2, 0.25) is 0 Å². The summed E-state index contributed by atoms with van der Waals surface area (Å²) < 4.78 is 19.1. The number of amides is 1. The first-order chi connectivity index (χ1) is 16.2. The Morgan fingerprint density at radius 2 is 1.88 bits per heavy atom. The van der Waals surface area contributed by atoms with Crippen LogP contribution in [0.5, 0.6) is 5.75 Å². The quantitative estimate of drug-likeness (QED) is 0.631. The van der Waals surface area contributed by atoms with E-state index in [9.17, 15) is 9.18 Å². The van der Waals surface area contributed by atoms with E-state index < -0.39 is 6.17 Å². The van der Waals surface area contributed by atoms with Crippen molar-refractivity contribution in [3.63, 3.8) is 0 Å². The molecule has 0 bridgehead atoms. The molecule has 2 aromatic rings. The number of benzene rings is 2. The molecule has 0 aromatic heterocycles. The lowest BCUT2D eigenvalue weighted by atomic mass is 10.0. The van der Waals surface area contributed by atoms with Crippen LogP contribution >= 0.6 is 0 Å². The number of carbonyl (C=O) groups excluding carboxylic acids is 1. The molecule has 3 aliphatic heterocycles. The third-order valence-corrected chi connectivity index (χ3v) is 6.71. The number of para-hydroxylation sites is 1. The maximum absolute atomic E-state index is 13.3. The van der Waals surface area contributed by atoms with Gasteiger partial charge in [-0.1, -0.05) is 18.2 Å². The van der Waals surface area contributed by atoms with Crippen molar-refractivity contribution in [2.75, 3.05) is 49.5 Å². The second-order valence-corrected chi connectivity index (χ2v) is 8.94. The number of hydrogen-bond acceptors (Lipinski definition) is 5. The van der Waals surface area contributed by atoms with Gasteiger partial charge in [-0.2, -0.15) is 0 Å². The van der Waals surface area contributed by atoms with Crippen LogP contribution in [0.15, 0.2) is 54.7 Å². The van der Waals surface area contributed by atoms with Gasteiger partial charge in [0.1, 0.15) is 18.5 Å². The maximum Gasteiger partial charge on any atom is 0.260 e. The fraction of sp³-hybridized carbons (Fsp3) is 0.423. The van der Waals surface area contributed by atoms with E-state index in [-0.39, 0.29) is 11.9 Å². The smallest absolute Gasteiger partial charge is 0.260 e. The molecule has 7 heteroatoms. The lowest BCUT2D eigenvalue weighted by Gasteiger charge is -2.31. The number of hydrogen-bond donors (Lipinski definition) is 2. The second-order valence-electron chi connectivity index (χ2n) is 8.94. The average molecular weight is 451 g/mol. The van der Waals surface area contributed by atoms with Crippen LogP contribution < -0.4 is 20.3 Å².